The van der Waals surface area contributed by atoms with Crippen molar-refractivity contribution < 1.29 is 14.0 Å². The zero-order valence-electron chi connectivity index (χ0n) is 18.2. The highest BCUT2D eigenvalue weighted by Crippen LogP contribution is 2.21. The highest BCUT2D eigenvalue weighted by atomic mass is 127. The summed E-state index contributed by atoms with van der Waals surface area (Å²) < 4.78 is 16.2. The monoisotopic (exact) mass is 571 g/mol. The summed E-state index contributed by atoms with van der Waals surface area (Å²) in [5, 5.41) is 11.1. The molecular formula is C22H27ClIN5O3. The lowest BCUT2D eigenvalue weighted by Crippen LogP contribution is -2.36. The molecule has 0 bridgehead atoms. The predicted molar refractivity (Wildman–Crippen MR) is 136 cm³/mol. The van der Waals surface area contributed by atoms with E-state index in [-0.39, 0.29) is 24.0 Å². The van der Waals surface area contributed by atoms with Gasteiger partial charge in [-0.25, -0.2) is 0 Å². The van der Waals surface area contributed by atoms with Gasteiger partial charge >= 0.3 is 0 Å². The number of hydrogen-bond acceptors (Lipinski definition) is 6. The average Bonchev–Trinajstić information content (AvgIpc) is 3.24. The lowest BCUT2D eigenvalue weighted by molar-refractivity contribution is 0.145. The van der Waals surface area contributed by atoms with Crippen LogP contribution in [0, 0.1) is 6.92 Å². The zero-order chi connectivity index (χ0) is 22.1. The molecule has 3 rings (SSSR count). The molecular weight excluding hydrogens is 545 g/mol. The van der Waals surface area contributed by atoms with Crippen molar-refractivity contribution in [2.45, 2.75) is 20.0 Å². The molecule has 1 heterocycles. The van der Waals surface area contributed by atoms with Crippen LogP contribution in [0.1, 0.15) is 17.0 Å². The molecule has 10 heteroatoms. The molecule has 0 unspecified atom stereocenters. The topological polar surface area (TPSA) is 93.8 Å². The quantitative estimate of drug-likeness (QED) is 0.172. The predicted octanol–water partition coefficient (Wildman–Crippen LogP) is 4.21. The van der Waals surface area contributed by atoms with Gasteiger partial charge in [-0.1, -0.05) is 41.0 Å². The number of rotatable bonds is 9. The van der Waals surface area contributed by atoms with Crippen LogP contribution in [0.5, 0.6) is 5.75 Å². The van der Waals surface area contributed by atoms with Gasteiger partial charge in [-0.3, -0.25) is 4.99 Å². The van der Waals surface area contributed by atoms with E-state index in [0.29, 0.717) is 49.0 Å². The molecule has 0 fully saturated rings. The highest BCUT2D eigenvalue weighted by molar-refractivity contribution is 14.0. The van der Waals surface area contributed by atoms with Crippen LogP contribution in [0.15, 0.2) is 52.0 Å². The SMILES string of the molecule is CN=C(NCc1nc(-c2cccc(Cl)c2)no1)NCc1ccc(C)cc1OCCOC.I. The van der Waals surface area contributed by atoms with Crippen LogP contribution in [0.3, 0.4) is 0 Å². The molecule has 172 valence electrons. The van der Waals surface area contributed by atoms with Gasteiger partial charge in [0.25, 0.3) is 0 Å². The Morgan fingerprint density at radius 3 is 2.69 bits per heavy atom. The molecule has 8 nitrogen and oxygen atoms in total. The molecule has 0 saturated heterocycles. The third kappa shape index (κ3) is 7.64. The van der Waals surface area contributed by atoms with Crippen LogP contribution in [0.25, 0.3) is 11.4 Å². The summed E-state index contributed by atoms with van der Waals surface area (Å²) in [6.45, 7) is 3.93. The van der Waals surface area contributed by atoms with Crippen molar-refractivity contribution in [2.75, 3.05) is 27.4 Å². The first-order valence-electron chi connectivity index (χ1n) is 9.83. The second kappa shape index (κ2) is 13.2. The molecule has 0 aliphatic heterocycles. The molecule has 0 saturated carbocycles. The van der Waals surface area contributed by atoms with Crippen LogP contribution >= 0.6 is 35.6 Å². The number of aryl methyl sites for hydroxylation is 1. The molecule has 0 spiro atoms. The second-order valence-electron chi connectivity index (χ2n) is 6.75. The number of halogens is 2. The minimum absolute atomic E-state index is 0. The van der Waals surface area contributed by atoms with Gasteiger partial charge in [-0.15, -0.1) is 24.0 Å². The zero-order valence-corrected chi connectivity index (χ0v) is 21.3. The van der Waals surface area contributed by atoms with Crippen molar-refractivity contribution in [2.24, 2.45) is 4.99 Å². The van der Waals surface area contributed by atoms with Crippen molar-refractivity contribution in [3.05, 3.63) is 64.5 Å². The first-order valence-corrected chi connectivity index (χ1v) is 10.2. The number of nitrogens with one attached hydrogen (secondary N) is 2. The Kier molecular flexibility index (Phi) is 10.7. The number of aliphatic imine (C=N–C) groups is 1. The van der Waals surface area contributed by atoms with E-state index in [0.717, 1.165) is 22.4 Å². The summed E-state index contributed by atoms with van der Waals surface area (Å²) >= 11 is 6.03. The molecule has 32 heavy (non-hydrogen) atoms. The molecule has 0 aliphatic carbocycles. The Morgan fingerprint density at radius 1 is 1.12 bits per heavy atom. The number of benzene rings is 2. The molecule has 1 aromatic heterocycles. The fraction of sp³-hybridized carbons (Fsp3) is 0.318. The van der Waals surface area contributed by atoms with Gasteiger partial charge in [-0.2, -0.15) is 4.98 Å². The number of aromatic nitrogens is 2. The molecule has 0 aliphatic rings. The van der Waals surface area contributed by atoms with E-state index < -0.39 is 0 Å². The summed E-state index contributed by atoms with van der Waals surface area (Å²) in [5.41, 5.74) is 2.95. The third-order valence-corrected chi connectivity index (χ3v) is 4.63. The molecule has 2 N–H and O–H groups in total. The number of ether oxygens (including phenoxy) is 2. The molecule has 0 atom stereocenters. The van der Waals surface area contributed by atoms with Crippen molar-refractivity contribution in [1.29, 1.82) is 0 Å². The van der Waals surface area contributed by atoms with Crippen LogP contribution < -0.4 is 15.4 Å². The van der Waals surface area contributed by atoms with E-state index >= 15 is 0 Å². The summed E-state index contributed by atoms with van der Waals surface area (Å²) in [4.78, 5) is 8.64. The molecule has 0 radical (unpaired) electrons. The maximum Gasteiger partial charge on any atom is 0.246 e. The number of nitrogens with zero attached hydrogens (tertiary/aromatic N) is 3. The summed E-state index contributed by atoms with van der Waals surface area (Å²) in [6.07, 6.45) is 0. The van der Waals surface area contributed by atoms with Gasteiger partial charge in [0.2, 0.25) is 11.7 Å². The van der Waals surface area contributed by atoms with E-state index in [1.165, 1.54) is 0 Å². The van der Waals surface area contributed by atoms with Crippen LogP contribution in [0.2, 0.25) is 5.02 Å². The van der Waals surface area contributed by atoms with Gasteiger partial charge in [0.1, 0.15) is 12.4 Å². The number of hydrogen-bond donors (Lipinski definition) is 2. The maximum atomic E-state index is 6.03. The average molecular weight is 572 g/mol. The fourth-order valence-corrected chi connectivity index (χ4v) is 3.00. The van der Waals surface area contributed by atoms with E-state index in [2.05, 4.69) is 25.8 Å². The third-order valence-electron chi connectivity index (χ3n) is 4.40. The number of methoxy groups -OCH3 is 1. The second-order valence-corrected chi connectivity index (χ2v) is 7.19. The standard InChI is InChI=1S/C22H26ClN5O3.HI/c1-15-7-8-17(19(11-15)30-10-9-29-3)13-25-22(24-2)26-14-20-27-21(28-31-20)16-5-4-6-18(23)12-16;/h4-8,11-12H,9-10,13-14H2,1-3H3,(H2,24,25,26);1H. The molecule has 2 aromatic carbocycles. The van der Waals surface area contributed by atoms with Crippen molar-refractivity contribution >= 4 is 41.5 Å². The van der Waals surface area contributed by atoms with E-state index in [4.69, 9.17) is 25.6 Å². The highest BCUT2D eigenvalue weighted by Gasteiger charge is 2.10. The minimum Gasteiger partial charge on any atom is -0.491 e. The van der Waals surface area contributed by atoms with Crippen LogP contribution in [-0.2, 0) is 17.8 Å². The smallest absolute Gasteiger partial charge is 0.246 e. The van der Waals surface area contributed by atoms with Gasteiger partial charge in [0.15, 0.2) is 5.96 Å². The van der Waals surface area contributed by atoms with Crippen LogP contribution in [-0.4, -0.2) is 43.5 Å². The van der Waals surface area contributed by atoms with Crippen molar-refractivity contribution in [1.82, 2.24) is 20.8 Å². The normalized spacial score (nSPS) is 11.1. The molecule has 3 aromatic rings. The van der Waals surface area contributed by atoms with E-state index in [1.807, 2.05) is 37.3 Å². The molecule has 0 amide bonds. The largest absolute Gasteiger partial charge is 0.491 e. The minimum atomic E-state index is 0. The summed E-state index contributed by atoms with van der Waals surface area (Å²) in [6, 6.07) is 13.4. The Balaban J connectivity index is 0.00000363. The van der Waals surface area contributed by atoms with Crippen LogP contribution in [0.4, 0.5) is 0 Å². The van der Waals surface area contributed by atoms with Gasteiger partial charge in [0, 0.05) is 36.9 Å². The van der Waals surface area contributed by atoms with Gasteiger partial charge in [-0.05, 0) is 30.7 Å². The van der Waals surface area contributed by atoms with E-state index in [9.17, 15) is 0 Å². The Bertz CT molecular complexity index is 1030. The maximum absolute atomic E-state index is 6.03. The number of guanidine groups is 1. The Labute approximate surface area is 209 Å². The lowest BCUT2D eigenvalue weighted by atomic mass is 10.1. The van der Waals surface area contributed by atoms with E-state index in [1.54, 1.807) is 26.3 Å². The lowest BCUT2D eigenvalue weighted by Gasteiger charge is -2.15. The first kappa shape index (κ1) is 25.9. The van der Waals surface area contributed by atoms with Gasteiger partial charge in [0.05, 0.1) is 13.2 Å². The summed E-state index contributed by atoms with van der Waals surface area (Å²) in [7, 11) is 3.35. The Hall–Kier alpha value is -2.37. The van der Waals surface area contributed by atoms with Crippen molar-refractivity contribution in [3.8, 4) is 17.1 Å². The fourth-order valence-electron chi connectivity index (χ4n) is 2.81. The first-order chi connectivity index (χ1) is 15.1. The summed E-state index contributed by atoms with van der Waals surface area (Å²) in [5.74, 6) is 2.35. The Morgan fingerprint density at radius 2 is 1.94 bits per heavy atom. The van der Waals surface area contributed by atoms with Crippen molar-refractivity contribution in [3.63, 3.8) is 0 Å². The van der Waals surface area contributed by atoms with Gasteiger partial charge < -0.3 is 24.6 Å².